The van der Waals surface area contributed by atoms with Gasteiger partial charge in [0.25, 0.3) is 0 Å². The third-order valence-corrected chi connectivity index (χ3v) is 4.60. The molecule has 1 amide bonds. The van der Waals surface area contributed by atoms with Gasteiger partial charge in [0, 0.05) is 25.7 Å². The molecule has 2 atom stereocenters. The summed E-state index contributed by atoms with van der Waals surface area (Å²) in [6, 6.07) is 2.07. The molecule has 2 N–H and O–H groups in total. The summed E-state index contributed by atoms with van der Waals surface area (Å²) in [6.07, 6.45) is 2.38. The van der Waals surface area contributed by atoms with Crippen molar-refractivity contribution in [2.75, 3.05) is 19.6 Å². The lowest BCUT2D eigenvalue weighted by Crippen LogP contribution is -2.50. The minimum atomic E-state index is -0.500. The van der Waals surface area contributed by atoms with Gasteiger partial charge in [-0.25, -0.2) is 4.79 Å². The standard InChI is InChI=1S/C17H28N2O3S/c1-17(2,3)22-16(21)19-8-5-4-6-14(19)10-18-11-15(20)13-7-9-23-12-13/h7,9,12,14-15,18,20H,4-6,8,10-11H2,1-3H3. The Labute approximate surface area is 142 Å². The summed E-state index contributed by atoms with van der Waals surface area (Å²) in [7, 11) is 0. The van der Waals surface area contributed by atoms with Gasteiger partial charge in [-0.1, -0.05) is 0 Å². The Morgan fingerprint density at radius 2 is 2.30 bits per heavy atom. The number of amides is 1. The number of aliphatic hydroxyl groups excluding tert-OH is 1. The molecular weight excluding hydrogens is 312 g/mol. The van der Waals surface area contributed by atoms with Crippen molar-refractivity contribution in [3.05, 3.63) is 22.4 Å². The van der Waals surface area contributed by atoms with Gasteiger partial charge in [0.2, 0.25) is 0 Å². The van der Waals surface area contributed by atoms with E-state index in [1.165, 1.54) is 0 Å². The zero-order chi connectivity index (χ0) is 16.9. The summed E-state index contributed by atoms with van der Waals surface area (Å²) in [5.74, 6) is 0. The number of thiophene rings is 1. The second kappa shape index (κ2) is 8.13. The van der Waals surface area contributed by atoms with Gasteiger partial charge in [-0.05, 0) is 62.4 Å². The van der Waals surface area contributed by atoms with Crippen LogP contribution in [0.5, 0.6) is 0 Å². The number of nitrogens with one attached hydrogen (secondary N) is 1. The highest BCUT2D eigenvalue weighted by molar-refractivity contribution is 7.07. The maximum atomic E-state index is 12.3. The Hall–Kier alpha value is -1.11. The molecule has 2 rings (SSSR count). The lowest BCUT2D eigenvalue weighted by Gasteiger charge is -2.37. The van der Waals surface area contributed by atoms with Crippen LogP contribution in [0.15, 0.2) is 16.8 Å². The van der Waals surface area contributed by atoms with E-state index in [0.29, 0.717) is 13.1 Å². The van der Waals surface area contributed by atoms with Crippen LogP contribution in [0.2, 0.25) is 0 Å². The van der Waals surface area contributed by atoms with E-state index in [-0.39, 0.29) is 12.1 Å². The van der Waals surface area contributed by atoms with E-state index in [4.69, 9.17) is 4.74 Å². The van der Waals surface area contributed by atoms with E-state index in [1.807, 2.05) is 42.5 Å². The van der Waals surface area contributed by atoms with Gasteiger partial charge in [-0.2, -0.15) is 11.3 Å². The minimum Gasteiger partial charge on any atom is -0.444 e. The molecule has 2 unspecified atom stereocenters. The first-order valence-corrected chi connectivity index (χ1v) is 9.21. The third-order valence-electron chi connectivity index (χ3n) is 3.90. The van der Waals surface area contributed by atoms with Crippen molar-refractivity contribution in [2.45, 2.75) is 57.8 Å². The molecule has 6 heteroatoms. The number of carbonyl (C=O) groups excluding carboxylic acids is 1. The van der Waals surface area contributed by atoms with Crippen molar-refractivity contribution in [1.29, 1.82) is 0 Å². The fourth-order valence-electron chi connectivity index (χ4n) is 2.74. The summed E-state index contributed by atoms with van der Waals surface area (Å²) < 4.78 is 5.50. The van der Waals surface area contributed by atoms with Crippen LogP contribution in [0.1, 0.15) is 51.7 Å². The first kappa shape index (κ1) is 18.2. The van der Waals surface area contributed by atoms with Gasteiger partial charge in [0.05, 0.1) is 6.10 Å². The van der Waals surface area contributed by atoms with E-state index in [0.717, 1.165) is 31.4 Å². The number of hydrogen-bond acceptors (Lipinski definition) is 5. The number of likely N-dealkylation sites (tertiary alicyclic amines) is 1. The van der Waals surface area contributed by atoms with Crippen LogP contribution in [0.3, 0.4) is 0 Å². The van der Waals surface area contributed by atoms with Gasteiger partial charge in [-0.15, -0.1) is 0 Å². The number of carbonyl (C=O) groups is 1. The van der Waals surface area contributed by atoms with Gasteiger partial charge in [-0.3, -0.25) is 0 Å². The number of piperidine rings is 1. The van der Waals surface area contributed by atoms with Crippen LogP contribution in [0.25, 0.3) is 0 Å². The Kier molecular flexibility index (Phi) is 6.44. The lowest BCUT2D eigenvalue weighted by molar-refractivity contribution is 0.00969. The molecule has 1 aliphatic heterocycles. The highest BCUT2D eigenvalue weighted by atomic mass is 32.1. The van der Waals surface area contributed by atoms with Crippen LogP contribution >= 0.6 is 11.3 Å². The normalized spacial score (nSPS) is 20.3. The van der Waals surface area contributed by atoms with E-state index in [1.54, 1.807) is 11.3 Å². The van der Waals surface area contributed by atoms with Crippen molar-refractivity contribution in [3.63, 3.8) is 0 Å². The molecule has 0 spiro atoms. The molecule has 5 nitrogen and oxygen atoms in total. The van der Waals surface area contributed by atoms with Gasteiger partial charge in [0.15, 0.2) is 0 Å². The highest BCUT2D eigenvalue weighted by Crippen LogP contribution is 2.20. The number of hydrogen-bond donors (Lipinski definition) is 2. The number of rotatable bonds is 5. The molecule has 23 heavy (non-hydrogen) atoms. The molecule has 1 fully saturated rings. The molecular formula is C17H28N2O3S. The number of aliphatic hydroxyl groups is 1. The monoisotopic (exact) mass is 340 g/mol. The summed E-state index contributed by atoms with van der Waals surface area (Å²) >= 11 is 1.58. The number of ether oxygens (including phenoxy) is 1. The van der Waals surface area contributed by atoms with E-state index >= 15 is 0 Å². The van der Waals surface area contributed by atoms with Gasteiger partial charge in [0.1, 0.15) is 5.60 Å². The average Bonchev–Trinajstić information content (AvgIpc) is 3.00. The minimum absolute atomic E-state index is 0.133. The summed E-state index contributed by atoms with van der Waals surface area (Å²) in [5.41, 5.74) is 0.469. The van der Waals surface area contributed by atoms with Gasteiger partial charge < -0.3 is 20.1 Å². The second-order valence-electron chi connectivity index (χ2n) is 7.05. The summed E-state index contributed by atoms with van der Waals surface area (Å²) in [6.45, 7) is 7.59. The van der Waals surface area contributed by atoms with Gasteiger partial charge >= 0.3 is 6.09 Å². The Morgan fingerprint density at radius 1 is 1.52 bits per heavy atom. The fourth-order valence-corrected chi connectivity index (χ4v) is 3.45. The van der Waals surface area contributed by atoms with Crippen molar-refractivity contribution >= 4 is 17.4 Å². The van der Waals surface area contributed by atoms with Crippen LogP contribution in [-0.4, -0.2) is 47.4 Å². The summed E-state index contributed by atoms with van der Waals surface area (Å²) in [5, 5.41) is 17.3. The lowest BCUT2D eigenvalue weighted by atomic mass is 10.0. The molecule has 0 radical (unpaired) electrons. The smallest absolute Gasteiger partial charge is 0.410 e. The van der Waals surface area contributed by atoms with E-state index < -0.39 is 11.7 Å². The van der Waals surface area contributed by atoms with E-state index in [2.05, 4.69) is 5.32 Å². The third kappa shape index (κ3) is 5.79. The average molecular weight is 340 g/mol. The van der Waals surface area contributed by atoms with Crippen molar-refractivity contribution in [3.8, 4) is 0 Å². The van der Waals surface area contributed by atoms with Crippen LogP contribution in [-0.2, 0) is 4.74 Å². The van der Waals surface area contributed by atoms with E-state index in [9.17, 15) is 9.90 Å². The molecule has 2 heterocycles. The van der Waals surface area contributed by atoms with Crippen molar-refractivity contribution < 1.29 is 14.6 Å². The molecule has 0 bridgehead atoms. The van der Waals surface area contributed by atoms with Crippen LogP contribution in [0, 0.1) is 0 Å². The molecule has 1 aliphatic rings. The largest absolute Gasteiger partial charge is 0.444 e. The zero-order valence-corrected chi connectivity index (χ0v) is 15.1. The first-order chi connectivity index (χ1) is 10.9. The van der Waals surface area contributed by atoms with Crippen molar-refractivity contribution in [1.82, 2.24) is 10.2 Å². The fraction of sp³-hybridized carbons (Fsp3) is 0.706. The zero-order valence-electron chi connectivity index (χ0n) is 14.2. The SMILES string of the molecule is CC(C)(C)OC(=O)N1CCCCC1CNCC(O)c1ccsc1. The maximum Gasteiger partial charge on any atom is 0.410 e. The molecule has 1 aromatic heterocycles. The Morgan fingerprint density at radius 3 is 2.96 bits per heavy atom. The quantitative estimate of drug-likeness (QED) is 0.864. The predicted octanol–water partition coefficient (Wildman–Crippen LogP) is 3.16. The predicted molar refractivity (Wildman–Crippen MR) is 92.7 cm³/mol. The Balaban J connectivity index is 1.82. The molecule has 0 aliphatic carbocycles. The first-order valence-electron chi connectivity index (χ1n) is 8.27. The summed E-state index contributed by atoms with van der Waals surface area (Å²) in [4.78, 5) is 14.2. The van der Waals surface area contributed by atoms with Crippen molar-refractivity contribution in [2.24, 2.45) is 0 Å². The maximum absolute atomic E-state index is 12.3. The molecule has 130 valence electrons. The molecule has 1 saturated heterocycles. The molecule has 0 saturated carbocycles. The second-order valence-corrected chi connectivity index (χ2v) is 7.83. The molecule has 1 aromatic rings. The Bertz CT molecular complexity index is 485. The topological polar surface area (TPSA) is 61.8 Å². The molecule has 0 aromatic carbocycles. The van der Waals surface area contributed by atoms with Crippen LogP contribution < -0.4 is 5.32 Å². The van der Waals surface area contributed by atoms with Crippen LogP contribution in [0.4, 0.5) is 4.79 Å². The highest BCUT2D eigenvalue weighted by Gasteiger charge is 2.30. The number of nitrogens with zero attached hydrogens (tertiary/aromatic N) is 1.